The zero-order valence-corrected chi connectivity index (χ0v) is 5.67. The summed E-state index contributed by atoms with van der Waals surface area (Å²) < 4.78 is 0. The average Bonchev–Trinajstić information content (AvgIpc) is 1.90. The lowest BCUT2D eigenvalue weighted by molar-refractivity contribution is 0.199. The van der Waals surface area contributed by atoms with Gasteiger partial charge in [-0.3, -0.25) is 0 Å². The first-order chi connectivity index (χ1) is 4.33. The van der Waals surface area contributed by atoms with E-state index in [-0.39, 0.29) is 6.10 Å². The Morgan fingerprint density at radius 2 is 2.22 bits per heavy atom. The Hall–Kier alpha value is -0.340. The van der Waals surface area contributed by atoms with Crippen molar-refractivity contribution in [2.75, 3.05) is 7.05 Å². The Morgan fingerprint density at radius 3 is 2.67 bits per heavy atom. The van der Waals surface area contributed by atoms with Crippen molar-refractivity contribution in [2.45, 2.75) is 25.0 Å². The van der Waals surface area contributed by atoms with E-state index in [1.807, 2.05) is 19.2 Å². The van der Waals surface area contributed by atoms with Crippen LogP contribution in [0.4, 0.5) is 0 Å². The number of rotatable bonds is 1. The van der Waals surface area contributed by atoms with E-state index in [1.165, 1.54) is 0 Å². The van der Waals surface area contributed by atoms with Crippen molar-refractivity contribution < 1.29 is 5.11 Å². The van der Waals surface area contributed by atoms with Crippen LogP contribution in [0.3, 0.4) is 0 Å². The first-order valence-electron chi connectivity index (χ1n) is 3.36. The molecule has 0 aliphatic heterocycles. The van der Waals surface area contributed by atoms with Gasteiger partial charge in [0, 0.05) is 6.04 Å². The highest BCUT2D eigenvalue weighted by Gasteiger charge is 2.10. The number of hydrogen-bond acceptors (Lipinski definition) is 2. The molecule has 0 saturated carbocycles. The average molecular weight is 127 g/mol. The van der Waals surface area contributed by atoms with Gasteiger partial charge in [-0.2, -0.15) is 0 Å². The molecule has 0 heterocycles. The van der Waals surface area contributed by atoms with Gasteiger partial charge in [0.25, 0.3) is 0 Å². The number of likely N-dealkylation sites (N-methyl/N-ethyl adjacent to an activating group) is 1. The summed E-state index contributed by atoms with van der Waals surface area (Å²) >= 11 is 0. The first kappa shape index (κ1) is 6.78. The molecule has 0 aromatic rings. The molecule has 9 heavy (non-hydrogen) atoms. The third-order valence-corrected chi connectivity index (χ3v) is 1.71. The molecule has 2 N–H and O–H groups in total. The number of aliphatic hydroxyl groups is 1. The van der Waals surface area contributed by atoms with E-state index in [0.717, 1.165) is 12.8 Å². The van der Waals surface area contributed by atoms with Crippen LogP contribution < -0.4 is 5.32 Å². The van der Waals surface area contributed by atoms with Gasteiger partial charge in [-0.1, -0.05) is 12.2 Å². The molecule has 0 radical (unpaired) electrons. The Bertz CT molecular complexity index is 111. The SMILES string of the molecule is CNC1C=CC(O)CC1. The maximum Gasteiger partial charge on any atom is 0.0722 e. The minimum atomic E-state index is -0.199. The standard InChI is InChI=1S/C7H13NO/c1-8-6-2-4-7(9)5-3-6/h2,4,6-9H,3,5H2,1H3. The van der Waals surface area contributed by atoms with E-state index in [2.05, 4.69) is 5.32 Å². The van der Waals surface area contributed by atoms with Crippen LogP contribution in [0.5, 0.6) is 0 Å². The molecule has 2 heteroatoms. The fraction of sp³-hybridized carbons (Fsp3) is 0.714. The fourth-order valence-corrected chi connectivity index (χ4v) is 1.05. The Kier molecular flexibility index (Phi) is 2.25. The van der Waals surface area contributed by atoms with Crippen molar-refractivity contribution in [1.82, 2.24) is 5.32 Å². The minimum Gasteiger partial charge on any atom is -0.389 e. The minimum absolute atomic E-state index is 0.199. The highest BCUT2D eigenvalue weighted by atomic mass is 16.3. The smallest absolute Gasteiger partial charge is 0.0722 e. The summed E-state index contributed by atoms with van der Waals surface area (Å²) in [6.07, 6.45) is 5.62. The molecule has 0 aromatic carbocycles. The van der Waals surface area contributed by atoms with Gasteiger partial charge < -0.3 is 10.4 Å². The molecule has 1 aliphatic rings. The van der Waals surface area contributed by atoms with Crippen molar-refractivity contribution >= 4 is 0 Å². The topological polar surface area (TPSA) is 32.3 Å². The number of nitrogens with one attached hydrogen (secondary N) is 1. The lowest BCUT2D eigenvalue weighted by atomic mass is 10.0. The molecule has 2 atom stereocenters. The predicted octanol–water partition coefficient (Wildman–Crippen LogP) is 0.285. The van der Waals surface area contributed by atoms with Crippen LogP contribution in [0.25, 0.3) is 0 Å². The van der Waals surface area contributed by atoms with Crippen molar-refractivity contribution in [1.29, 1.82) is 0 Å². The van der Waals surface area contributed by atoms with E-state index < -0.39 is 0 Å². The molecule has 0 spiro atoms. The van der Waals surface area contributed by atoms with Crippen LogP contribution in [0.2, 0.25) is 0 Å². The monoisotopic (exact) mass is 127 g/mol. The molecule has 0 aromatic heterocycles. The second-order valence-electron chi connectivity index (χ2n) is 2.42. The molecule has 1 aliphatic carbocycles. The Balaban J connectivity index is 2.38. The van der Waals surface area contributed by atoms with Crippen LogP contribution in [0, 0.1) is 0 Å². The van der Waals surface area contributed by atoms with Crippen molar-refractivity contribution in [3.63, 3.8) is 0 Å². The van der Waals surface area contributed by atoms with Crippen molar-refractivity contribution in [3.05, 3.63) is 12.2 Å². The van der Waals surface area contributed by atoms with Gasteiger partial charge in [0.2, 0.25) is 0 Å². The molecule has 0 amide bonds. The van der Waals surface area contributed by atoms with Crippen LogP contribution in [0.15, 0.2) is 12.2 Å². The van der Waals surface area contributed by atoms with Gasteiger partial charge in [-0.15, -0.1) is 0 Å². The van der Waals surface area contributed by atoms with E-state index in [9.17, 15) is 0 Å². The quantitative estimate of drug-likeness (QED) is 0.496. The first-order valence-corrected chi connectivity index (χ1v) is 3.36. The van der Waals surface area contributed by atoms with E-state index >= 15 is 0 Å². The largest absolute Gasteiger partial charge is 0.389 e. The Labute approximate surface area is 55.6 Å². The summed E-state index contributed by atoms with van der Waals surface area (Å²) in [6.45, 7) is 0. The fourth-order valence-electron chi connectivity index (χ4n) is 1.05. The third kappa shape index (κ3) is 1.80. The third-order valence-electron chi connectivity index (χ3n) is 1.71. The second kappa shape index (κ2) is 2.99. The summed E-state index contributed by atoms with van der Waals surface area (Å²) in [5, 5.41) is 12.1. The number of hydrogen-bond donors (Lipinski definition) is 2. The summed E-state index contributed by atoms with van der Waals surface area (Å²) in [7, 11) is 1.94. The molecule has 2 nitrogen and oxygen atoms in total. The molecule has 2 unspecified atom stereocenters. The van der Waals surface area contributed by atoms with Crippen LogP contribution in [-0.2, 0) is 0 Å². The van der Waals surface area contributed by atoms with Gasteiger partial charge in [-0.05, 0) is 19.9 Å². The van der Waals surface area contributed by atoms with Crippen LogP contribution in [-0.4, -0.2) is 24.3 Å². The highest BCUT2D eigenvalue weighted by Crippen LogP contribution is 2.09. The molecule has 52 valence electrons. The van der Waals surface area contributed by atoms with Gasteiger partial charge in [-0.25, -0.2) is 0 Å². The van der Waals surface area contributed by atoms with Gasteiger partial charge in [0.15, 0.2) is 0 Å². The van der Waals surface area contributed by atoms with E-state index in [4.69, 9.17) is 5.11 Å². The summed E-state index contributed by atoms with van der Waals surface area (Å²) in [5.74, 6) is 0. The zero-order chi connectivity index (χ0) is 6.69. The van der Waals surface area contributed by atoms with Gasteiger partial charge >= 0.3 is 0 Å². The summed E-state index contributed by atoms with van der Waals surface area (Å²) in [5.41, 5.74) is 0. The van der Waals surface area contributed by atoms with Crippen molar-refractivity contribution in [2.24, 2.45) is 0 Å². The maximum atomic E-state index is 9.01. The van der Waals surface area contributed by atoms with E-state index in [1.54, 1.807) is 0 Å². The summed E-state index contributed by atoms with van der Waals surface area (Å²) in [4.78, 5) is 0. The molecular weight excluding hydrogens is 114 g/mol. The molecule has 0 saturated heterocycles. The summed E-state index contributed by atoms with van der Waals surface area (Å²) in [6, 6.07) is 0.480. The van der Waals surface area contributed by atoms with Crippen LogP contribution in [0.1, 0.15) is 12.8 Å². The number of aliphatic hydroxyl groups excluding tert-OH is 1. The van der Waals surface area contributed by atoms with Gasteiger partial charge in [0.05, 0.1) is 6.10 Å². The van der Waals surface area contributed by atoms with E-state index in [0.29, 0.717) is 6.04 Å². The lowest BCUT2D eigenvalue weighted by Gasteiger charge is -2.18. The van der Waals surface area contributed by atoms with Crippen LogP contribution >= 0.6 is 0 Å². The predicted molar refractivity (Wildman–Crippen MR) is 37.2 cm³/mol. The maximum absolute atomic E-state index is 9.01. The van der Waals surface area contributed by atoms with Crippen molar-refractivity contribution in [3.8, 4) is 0 Å². The highest BCUT2D eigenvalue weighted by molar-refractivity contribution is 5.01. The van der Waals surface area contributed by atoms with Gasteiger partial charge in [0.1, 0.15) is 0 Å². The second-order valence-corrected chi connectivity index (χ2v) is 2.42. The molecular formula is C7H13NO. The lowest BCUT2D eigenvalue weighted by Crippen LogP contribution is -2.27. The Morgan fingerprint density at radius 1 is 1.44 bits per heavy atom. The molecule has 0 bridgehead atoms. The molecule has 1 rings (SSSR count). The zero-order valence-electron chi connectivity index (χ0n) is 5.67. The normalized spacial score (nSPS) is 34.9. The molecule has 0 fully saturated rings.